The number of carbonyl (C=O) groups is 1. The van der Waals surface area contributed by atoms with Crippen molar-refractivity contribution in [1.29, 1.82) is 0 Å². The van der Waals surface area contributed by atoms with Crippen LogP contribution in [-0.2, 0) is 19.4 Å². The molecular weight excluding hydrogens is 463 g/mol. The predicted octanol–water partition coefficient (Wildman–Crippen LogP) is 4.15. The van der Waals surface area contributed by atoms with Crippen molar-refractivity contribution in [3.63, 3.8) is 0 Å². The fourth-order valence-electron chi connectivity index (χ4n) is 3.81. The summed E-state index contributed by atoms with van der Waals surface area (Å²) >= 11 is 3.42. The lowest BCUT2D eigenvalue weighted by molar-refractivity contribution is 0.102. The highest BCUT2D eigenvalue weighted by Gasteiger charge is 2.28. The Hall–Kier alpha value is -3.33. The van der Waals surface area contributed by atoms with Gasteiger partial charge in [0.1, 0.15) is 17.8 Å². The number of nitrogens with zero attached hydrogens (tertiary/aromatic N) is 5. The van der Waals surface area contributed by atoms with Gasteiger partial charge < -0.3 is 0 Å². The fourth-order valence-corrected chi connectivity index (χ4v) is 4.07. The number of hydrogen-bond acceptors (Lipinski definition) is 4. The van der Waals surface area contributed by atoms with Crippen LogP contribution in [0.1, 0.15) is 33.7 Å². The van der Waals surface area contributed by atoms with E-state index in [9.17, 15) is 9.18 Å². The van der Waals surface area contributed by atoms with Crippen molar-refractivity contribution in [2.24, 2.45) is 0 Å². The number of amides is 1. The van der Waals surface area contributed by atoms with Crippen molar-refractivity contribution in [2.45, 2.75) is 25.8 Å². The molecule has 0 saturated heterocycles. The summed E-state index contributed by atoms with van der Waals surface area (Å²) in [6.45, 7) is 0.535. The van der Waals surface area contributed by atoms with E-state index in [-0.39, 0.29) is 11.8 Å². The summed E-state index contributed by atoms with van der Waals surface area (Å²) in [6.07, 6.45) is 3.96. The molecule has 0 aliphatic heterocycles. The summed E-state index contributed by atoms with van der Waals surface area (Å²) in [4.78, 5) is 17.1. The quantitative estimate of drug-likeness (QED) is 0.465. The maximum Gasteiger partial charge on any atom is 0.278 e. The second kappa shape index (κ2) is 8.07. The van der Waals surface area contributed by atoms with E-state index >= 15 is 0 Å². The van der Waals surface area contributed by atoms with Gasteiger partial charge in [0.15, 0.2) is 5.69 Å². The molecule has 0 fully saturated rings. The molecule has 0 radical (unpaired) electrons. The Morgan fingerprint density at radius 3 is 2.71 bits per heavy atom. The van der Waals surface area contributed by atoms with E-state index in [4.69, 9.17) is 0 Å². The van der Waals surface area contributed by atoms with Crippen molar-refractivity contribution < 1.29 is 9.18 Å². The molecule has 0 bridgehead atoms. The van der Waals surface area contributed by atoms with Crippen molar-refractivity contribution in [1.82, 2.24) is 24.5 Å². The molecule has 9 heteroatoms. The van der Waals surface area contributed by atoms with E-state index in [0.29, 0.717) is 17.9 Å². The monoisotopic (exact) mass is 480 g/mol. The first-order chi connectivity index (χ1) is 15.1. The van der Waals surface area contributed by atoms with Crippen molar-refractivity contribution in [2.75, 3.05) is 5.32 Å². The van der Waals surface area contributed by atoms with Gasteiger partial charge in [-0.25, -0.2) is 18.7 Å². The van der Waals surface area contributed by atoms with E-state index in [0.717, 1.165) is 40.6 Å². The first kappa shape index (κ1) is 19.6. The van der Waals surface area contributed by atoms with Crippen LogP contribution in [0.3, 0.4) is 0 Å². The normalized spacial score (nSPS) is 12.7. The topological polar surface area (TPSA) is 77.6 Å². The van der Waals surface area contributed by atoms with Gasteiger partial charge >= 0.3 is 0 Å². The maximum absolute atomic E-state index is 14.3. The molecule has 4 aromatic rings. The number of para-hydroxylation sites is 1. The maximum atomic E-state index is 14.3. The molecule has 0 atom stereocenters. The van der Waals surface area contributed by atoms with Gasteiger partial charge in [-0.15, -0.1) is 5.10 Å². The summed E-state index contributed by atoms with van der Waals surface area (Å²) < 4.78 is 18.5. The number of anilines is 1. The molecule has 2 heterocycles. The van der Waals surface area contributed by atoms with Gasteiger partial charge in [-0.05, 0) is 49.1 Å². The smallest absolute Gasteiger partial charge is 0.278 e. The van der Waals surface area contributed by atoms with Gasteiger partial charge in [-0.2, -0.15) is 5.10 Å². The van der Waals surface area contributed by atoms with Crippen LogP contribution in [0.25, 0.3) is 5.69 Å². The third kappa shape index (κ3) is 3.88. The summed E-state index contributed by atoms with van der Waals surface area (Å²) in [6, 6.07) is 14.3. The number of carbonyl (C=O) groups excluding carboxylic acids is 1. The summed E-state index contributed by atoms with van der Waals surface area (Å²) in [7, 11) is 0. The van der Waals surface area contributed by atoms with Crippen LogP contribution in [-0.4, -0.2) is 30.5 Å². The van der Waals surface area contributed by atoms with Crippen LogP contribution < -0.4 is 5.32 Å². The molecule has 7 nitrogen and oxygen atoms in total. The van der Waals surface area contributed by atoms with Gasteiger partial charge in [-0.1, -0.05) is 40.2 Å². The highest BCUT2D eigenvalue weighted by Crippen LogP contribution is 2.29. The molecule has 156 valence electrons. The van der Waals surface area contributed by atoms with Gasteiger partial charge in [0.2, 0.25) is 5.95 Å². The van der Waals surface area contributed by atoms with E-state index in [1.807, 2.05) is 24.3 Å². The molecule has 1 amide bonds. The third-order valence-corrected chi connectivity index (χ3v) is 5.77. The second-order valence-corrected chi connectivity index (χ2v) is 8.25. The molecule has 1 aliphatic rings. The average Bonchev–Trinajstić information content (AvgIpc) is 3.47. The van der Waals surface area contributed by atoms with E-state index in [1.54, 1.807) is 33.9 Å². The van der Waals surface area contributed by atoms with Gasteiger partial charge in [0.25, 0.3) is 5.91 Å². The zero-order valence-corrected chi connectivity index (χ0v) is 18.0. The Morgan fingerprint density at radius 1 is 1.10 bits per heavy atom. The minimum atomic E-state index is -0.394. The van der Waals surface area contributed by atoms with Crippen molar-refractivity contribution in [3.05, 3.63) is 87.7 Å². The zero-order valence-electron chi connectivity index (χ0n) is 16.4. The third-order valence-electron chi connectivity index (χ3n) is 5.25. The summed E-state index contributed by atoms with van der Waals surface area (Å²) in [5, 5.41) is 11.5. The van der Waals surface area contributed by atoms with Crippen LogP contribution in [0.4, 0.5) is 10.3 Å². The standard InChI is InChI=1S/C22H18BrFN6O/c23-15-10-8-14(9-11-15)12-29-13-25-22(28-29)26-21(31)20-16-4-3-7-18(16)30(27-20)19-6-2-1-5-17(19)24/h1-2,5-6,8-11,13H,3-4,7,12H2,(H,26,28,31). The van der Waals surface area contributed by atoms with E-state index in [2.05, 4.69) is 36.4 Å². The number of fused-ring (bicyclic) bond motifs is 1. The van der Waals surface area contributed by atoms with E-state index in [1.165, 1.54) is 6.07 Å². The lowest BCUT2D eigenvalue weighted by atomic mass is 10.2. The SMILES string of the molecule is O=C(Nc1ncn(Cc2ccc(Br)cc2)n1)c1nn(-c2ccccc2F)c2c1CCC2. The van der Waals surface area contributed by atoms with Crippen molar-refractivity contribution >= 4 is 27.8 Å². The highest BCUT2D eigenvalue weighted by atomic mass is 79.9. The molecule has 0 unspecified atom stereocenters. The molecule has 0 spiro atoms. The minimum absolute atomic E-state index is 0.203. The lowest BCUT2D eigenvalue weighted by Crippen LogP contribution is -2.16. The van der Waals surface area contributed by atoms with Gasteiger partial charge in [0.05, 0.1) is 6.54 Å². The van der Waals surface area contributed by atoms with Crippen LogP contribution in [0.2, 0.25) is 0 Å². The van der Waals surface area contributed by atoms with Crippen LogP contribution in [0, 0.1) is 5.82 Å². The Kier molecular flexibility index (Phi) is 5.11. The highest BCUT2D eigenvalue weighted by molar-refractivity contribution is 9.10. The van der Waals surface area contributed by atoms with Crippen LogP contribution in [0.5, 0.6) is 0 Å². The first-order valence-corrected chi connectivity index (χ1v) is 10.7. The Labute approximate surface area is 186 Å². The zero-order chi connectivity index (χ0) is 21.4. The number of hydrogen-bond donors (Lipinski definition) is 1. The van der Waals surface area contributed by atoms with E-state index < -0.39 is 5.91 Å². The van der Waals surface area contributed by atoms with Crippen LogP contribution >= 0.6 is 15.9 Å². The molecule has 2 aromatic heterocycles. The average molecular weight is 481 g/mol. The predicted molar refractivity (Wildman–Crippen MR) is 117 cm³/mol. The largest absolute Gasteiger partial charge is 0.288 e. The fraction of sp³-hybridized carbons (Fsp3) is 0.182. The summed E-state index contributed by atoms with van der Waals surface area (Å²) in [5.74, 6) is -0.566. The minimum Gasteiger partial charge on any atom is -0.288 e. The number of halogens is 2. The molecular formula is C22H18BrFN6O. The Balaban J connectivity index is 1.37. The molecule has 1 N–H and O–H groups in total. The number of benzene rings is 2. The number of nitrogens with one attached hydrogen (secondary N) is 1. The molecule has 2 aromatic carbocycles. The van der Waals surface area contributed by atoms with Gasteiger partial charge in [-0.3, -0.25) is 10.1 Å². The van der Waals surface area contributed by atoms with Crippen LogP contribution in [0.15, 0.2) is 59.3 Å². The van der Waals surface area contributed by atoms with Crippen molar-refractivity contribution in [3.8, 4) is 5.69 Å². The summed E-state index contributed by atoms with van der Waals surface area (Å²) in [5.41, 5.74) is 3.43. The Morgan fingerprint density at radius 2 is 1.90 bits per heavy atom. The molecule has 5 rings (SSSR count). The number of rotatable bonds is 5. The first-order valence-electron chi connectivity index (χ1n) is 9.89. The van der Waals surface area contributed by atoms with Gasteiger partial charge in [0, 0.05) is 15.7 Å². The molecule has 31 heavy (non-hydrogen) atoms. The Bertz CT molecular complexity index is 1260. The molecule has 0 saturated carbocycles. The number of aromatic nitrogens is 5. The molecule has 1 aliphatic carbocycles. The second-order valence-electron chi connectivity index (χ2n) is 7.34. The lowest BCUT2D eigenvalue weighted by Gasteiger charge is -2.06.